The van der Waals surface area contributed by atoms with Gasteiger partial charge in [-0.3, -0.25) is 0 Å². The Morgan fingerprint density at radius 2 is 0.917 bits per heavy atom. The third-order valence-corrected chi connectivity index (χ3v) is 5.53. The predicted octanol–water partition coefficient (Wildman–Crippen LogP) is 6.74. The summed E-state index contributed by atoms with van der Waals surface area (Å²) in [6, 6.07) is 0. The summed E-state index contributed by atoms with van der Waals surface area (Å²) in [5, 5.41) is 10.1. The zero-order chi connectivity index (χ0) is 17.9. The van der Waals surface area contributed by atoms with Crippen LogP contribution in [0.1, 0.15) is 129 Å². The van der Waals surface area contributed by atoms with Crippen molar-refractivity contribution in [1.29, 1.82) is 0 Å². The quantitative estimate of drug-likeness (QED) is 0.256. The summed E-state index contributed by atoms with van der Waals surface area (Å²) in [5.41, 5.74) is 5.03. The van der Waals surface area contributed by atoms with E-state index in [0.29, 0.717) is 6.54 Å². The topological polar surface area (TPSA) is 46.2 Å². The molecule has 0 bridgehead atoms. The second kappa shape index (κ2) is 17.7. The molecule has 0 aromatic carbocycles. The van der Waals surface area contributed by atoms with E-state index < -0.39 is 5.60 Å². The molecule has 0 spiro atoms. The lowest BCUT2D eigenvalue weighted by Gasteiger charge is -2.24. The van der Waals surface area contributed by atoms with E-state index in [4.69, 9.17) is 5.73 Å². The molecule has 0 aliphatic heterocycles. The molecule has 0 aromatic rings. The molecule has 3 N–H and O–H groups in total. The van der Waals surface area contributed by atoms with Crippen LogP contribution in [0.5, 0.6) is 0 Å². The Morgan fingerprint density at radius 1 is 0.583 bits per heavy atom. The molecule has 24 heavy (non-hydrogen) atoms. The van der Waals surface area contributed by atoms with Crippen LogP contribution in [0.15, 0.2) is 0 Å². The van der Waals surface area contributed by atoms with E-state index in [1.807, 2.05) is 6.92 Å². The Balaban J connectivity index is 3.13. The third kappa shape index (κ3) is 15.4. The molecule has 0 fully saturated rings. The summed E-state index contributed by atoms with van der Waals surface area (Å²) in [7, 11) is 0. The Bertz CT molecular complexity index is 238. The summed E-state index contributed by atoms with van der Waals surface area (Å²) >= 11 is 0. The molecule has 0 aliphatic rings. The summed E-state index contributed by atoms with van der Waals surface area (Å²) in [5.74, 6) is 0. The average Bonchev–Trinajstić information content (AvgIpc) is 2.61. The Kier molecular flexibility index (Phi) is 17.7. The van der Waals surface area contributed by atoms with E-state index in [9.17, 15) is 5.11 Å². The van der Waals surface area contributed by atoms with Crippen LogP contribution in [0.2, 0.25) is 0 Å². The minimum atomic E-state index is -0.601. The van der Waals surface area contributed by atoms with Crippen molar-refractivity contribution in [3.05, 3.63) is 0 Å². The van der Waals surface area contributed by atoms with Gasteiger partial charge in [0.2, 0.25) is 0 Å². The second-order valence-corrected chi connectivity index (χ2v) is 7.84. The predicted molar refractivity (Wildman–Crippen MR) is 108 cm³/mol. The van der Waals surface area contributed by atoms with Gasteiger partial charge in [-0.1, -0.05) is 117 Å². The van der Waals surface area contributed by atoms with Crippen LogP contribution in [-0.4, -0.2) is 17.3 Å². The van der Waals surface area contributed by atoms with Gasteiger partial charge in [0, 0.05) is 6.54 Å². The Labute approximate surface area is 153 Å². The van der Waals surface area contributed by atoms with Crippen LogP contribution in [0.3, 0.4) is 0 Å². The van der Waals surface area contributed by atoms with Crippen LogP contribution in [0, 0.1) is 0 Å². The molecular formula is C22H47NO. The fourth-order valence-corrected chi connectivity index (χ4v) is 3.43. The molecule has 0 amide bonds. The van der Waals surface area contributed by atoms with Gasteiger partial charge in [-0.2, -0.15) is 0 Å². The normalized spacial score (nSPS) is 14.0. The highest BCUT2D eigenvalue weighted by Gasteiger charge is 2.21. The summed E-state index contributed by atoms with van der Waals surface area (Å²) in [6.45, 7) is 4.72. The first-order chi connectivity index (χ1) is 11.7. The Hall–Kier alpha value is -0.0800. The van der Waals surface area contributed by atoms with Crippen molar-refractivity contribution in [2.45, 2.75) is 135 Å². The standard InChI is InChI=1S/C22H47NO/c1-3-5-6-7-8-9-10-11-12-13-14-15-16-17-18-19-20-22(24,4-2)21-23/h24H,3-21,23H2,1-2H3. The van der Waals surface area contributed by atoms with Crippen LogP contribution in [-0.2, 0) is 0 Å². The number of hydrogen-bond acceptors (Lipinski definition) is 2. The van der Waals surface area contributed by atoms with Gasteiger partial charge in [0.1, 0.15) is 0 Å². The van der Waals surface area contributed by atoms with Crippen molar-refractivity contribution in [2.75, 3.05) is 6.54 Å². The van der Waals surface area contributed by atoms with Crippen molar-refractivity contribution >= 4 is 0 Å². The number of hydrogen-bond donors (Lipinski definition) is 2. The second-order valence-electron chi connectivity index (χ2n) is 7.84. The minimum Gasteiger partial charge on any atom is -0.389 e. The van der Waals surface area contributed by atoms with Crippen LogP contribution >= 0.6 is 0 Å². The van der Waals surface area contributed by atoms with E-state index in [-0.39, 0.29) is 0 Å². The van der Waals surface area contributed by atoms with Gasteiger partial charge in [0.25, 0.3) is 0 Å². The highest BCUT2D eigenvalue weighted by atomic mass is 16.3. The van der Waals surface area contributed by atoms with Gasteiger partial charge in [-0.25, -0.2) is 0 Å². The average molecular weight is 342 g/mol. The monoisotopic (exact) mass is 341 g/mol. The maximum Gasteiger partial charge on any atom is 0.0766 e. The molecule has 0 saturated carbocycles. The highest BCUT2D eigenvalue weighted by Crippen LogP contribution is 2.19. The molecule has 0 heterocycles. The fraction of sp³-hybridized carbons (Fsp3) is 1.00. The maximum absolute atomic E-state index is 10.1. The zero-order valence-corrected chi connectivity index (χ0v) is 17.0. The fourth-order valence-electron chi connectivity index (χ4n) is 3.43. The molecule has 0 aliphatic carbocycles. The molecular weight excluding hydrogens is 294 g/mol. The summed E-state index contributed by atoms with van der Waals surface area (Å²) in [6.07, 6.45) is 23.9. The third-order valence-electron chi connectivity index (χ3n) is 5.53. The SMILES string of the molecule is CCCCCCCCCCCCCCCCCCC(O)(CC)CN. The van der Waals surface area contributed by atoms with Gasteiger partial charge < -0.3 is 10.8 Å². The largest absolute Gasteiger partial charge is 0.389 e. The summed E-state index contributed by atoms with van der Waals surface area (Å²) in [4.78, 5) is 0. The van der Waals surface area contributed by atoms with E-state index in [1.165, 1.54) is 96.3 Å². The van der Waals surface area contributed by atoms with E-state index >= 15 is 0 Å². The highest BCUT2D eigenvalue weighted by molar-refractivity contribution is 4.77. The lowest BCUT2D eigenvalue weighted by molar-refractivity contribution is 0.0338. The van der Waals surface area contributed by atoms with E-state index in [2.05, 4.69) is 6.92 Å². The van der Waals surface area contributed by atoms with Crippen LogP contribution in [0.4, 0.5) is 0 Å². The van der Waals surface area contributed by atoms with Gasteiger partial charge in [0.15, 0.2) is 0 Å². The van der Waals surface area contributed by atoms with Crippen molar-refractivity contribution in [3.8, 4) is 0 Å². The first kappa shape index (κ1) is 23.9. The molecule has 2 nitrogen and oxygen atoms in total. The smallest absolute Gasteiger partial charge is 0.0766 e. The van der Waals surface area contributed by atoms with Gasteiger partial charge in [-0.15, -0.1) is 0 Å². The molecule has 0 aromatic heterocycles. The van der Waals surface area contributed by atoms with Crippen molar-refractivity contribution in [3.63, 3.8) is 0 Å². The summed E-state index contributed by atoms with van der Waals surface area (Å²) < 4.78 is 0. The first-order valence-corrected chi connectivity index (χ1v) is 11.1. The minimum absolute atomic E-state index is 0.405. The lowest BCUT2D eigenvalue weighted by atomic mass is 9.93. The number of aliphatic hydroxyl groups is 1. The van der Waals surface area contributed by atoms with Crippen LogP contribution < -0.4 is 5.73 Å². The van der Waals surface area contributed by atoms with Crippen molar-refractivity contribution in [1.82, 2.24) is 0 Å². The van der Waals surface area contributed by atoms with Gasteiger partial charge in [0.05, 0.1) is 5.60 Å². The number of unbranched alkanes of at least 4 members (excludes halogenated alkanes) is 15. The molecule has 1 atom stereocenters. The van der Waals surface area contributed by atoms with Crippen molar-refractivity contribution < 1.29 is 5.11 Å². The first-order valence-electron chi connectivity index (χ1n) is 11.1. The van der Waals surface area contributed by atoms with Crippen molar-refractivity contribution in [2.24, 2.45) is 5.73 Å². The molecule has 146 valence electrons. The van der Waals surface area contributed by atoms with Gasteiger partial charge >= 0.3 is 0 Å². The lowest BCUT2D eigenvalue weighted by Crippen LogP contribution is -2.36. The molecule has 1 unspecified atom stereocenters. The number of nitrogens with two attached hydrogens (primary N) is 1. The maximum atomic E-state index is 10.1. The van der Waals surface area contributed by atoms with E-state index in [1.54, 1.807) is 0 Å². The zero-order valence-electron chi connectivity index (χ0n) is 17.0. The molecule has 0 saturated heterocycles. The molecule has 2 heteroatoms. The van der Waals surface area contributed by atoms with Gasteiger partial charge in [-0.05, 0) is 12.8 Å². The molecule has 0 radical (unpaired) electrons. The molecule has 0 rings (SSSR count). The van der Waals surface area contributed by atoms with Crippen LogP contribution in [0.25, 0.3) is 0 Å². The number of rotatable bonds is 19. The Morgan fingerprint density at radius 3 is 1.21 bits per heavy atom. The van der Waals surface area contributed by atoms with E-state index in [0.717, 1.165) is 19.3 Å².